The average molecular weight is 398 g/mol. The molecule has 21 heavy (non-hydrogen) atoms. The number of carboxylic acid groups (broad SMARTS) is 1. The van der Waals surface area contributed by atoms with Crippen molar-refractivity contribution in [2.24, 2.45) is 11.8 Å². The molecule has 0 fully saturated rings. The zero-order valence-electron chi connectivity index (χ0n) is 11.4. The van der Waals surface area contributed by atoms with Gasteiger partial charge in [0.15, 0.2) is 0 Å². The van der Waals surface area contributed by atoms with Gasteiger partial charge in [-0.05, 0) is 34.0 Å². The molecule has 0 saturated carbocycles. The van der Waals surface area contributed by atoms with Gasteiger partial charge in [0.1, 0.15) is 0 Å². The van der Waals surface area contributed by atoms with Gasteiger partial charge in [0, 0.05) is 11.0 Å². The molecule has 1 atom stereocenters. The van der Waals surface area contributed by atoms with E-state index in [1.54, 1.807) is 26.0 Å². The molecule has 0 aromatic heterocycles. The molecular formula is C13H15BrCl2N2O3. The smallest absolute Gasteiger partial charge is 0.319 e. The van der Waals surface area contributed by atoms with Crippen molar-refractivity contribution < 1.29 is 14.7 Å². The van der Waals surface area contributed by atoms with Crippen LogP contribution in [0.5, 0.6) is 0 Å². The zero-order valence-corrected chi connectivity index (χ0v) is 14.5. The van der Waals surface area contributed by atoms with Gasteiger partial charge in [0.25, 0.3) is 0 Å². The second-order valence-corrected chi connectivity index (χ2v) is 6.36. The van der Waals surface area contributed by atoms with Crippen LogP contribution in [0.2, 0.25) is 10.0 Å². The zero-order chi connectivity index (χ0) is 16.2. The number of amides is 2. The molecule has 1 unspecified atom stereocenters. The number of benzene rings is 1. The molecule has 0 aliphatic heterocycles. The van der Waals surface area contributed by atoms with Gasteiger partial charge in [-0.25, -0.2) is 4.79 Å². The molecule has 1 rings (SSSR count). The van der Waals surface area contributed by atoms with Crippen LogP contribution in [0.3, 0.4) is 0 Å². The first-order valence-electron chi connectivity index (χ1n) is 6.15. The summed E-state index contributed by atoms with van der Waals surface area (Å²) in [5.74, 6) is -1.69. The molecule has 116 valence electrons. The quantitative estimate of drug-likeness (QED) is 0.650. The summed E-state index contributed by atoms with van der Waals surface area (Å²) in [6.45, 7) is 3.59. The van der Waals surface area contributed by atoms with E-state index in [4.69, 9.17) is 28.3 Å². The first kappa shape index (κ1) is 18.1. The maximum Gasteiger partial charge on any atom is 0.319 e. The normalized spacial score (nSPS) is 12.1. The van der Waals surface area contributed by atoms with Crippen molar-refractivity contribution in [2.45, 2.75) is 13.8 Å². The van der Waals surface area contributed by atoms with Crippen LogP contribution in [-0.2, 0) is 4.79 Å². The standard InChI is InChI=1S/C13H15BrCl2N2O3/c1-6(2)7(12(19)20)5-17-13(21)18-9-4-3-8(14)10(15)11(9)16/h3-4,6-7H,5H2,1-2H3,(H,19,20)(H2,17,18,21). The van der Waals surface area contributed by atoms with Crippen LogP contribution in [0.4, 0.5) is 10.5 Å². The second kappa shape index (κ2) is 7.87. The van der Waals surface area contributed by atoms with E-state index < -0.39 is 17.9 Å². The number of nitrogens with one attached hydrogen (secondary N) is 2. The maximum atomic E-state index is 11.8. The number of carboxylic acids is 1. The van der Waals surface area contributed by atoms with E-state index in [1.807, 2.05) is 0 Å². The molecule has 0 aliphatic carbocycles. The van der Waals surface area contributed by atoms with Gasteiger partial charge >= 0.3 is 12.0 Å². The highest BCUT2D eigenvalue weighted by Crippen LogP contribution is 2.35. The molecule has 3 N–H and O–H groups in total. The van der Waals surface area contributed by atoms with Crippen LogP contribution >= 0.6 is 39.1 Å². The van der Waals surface area contributed by atoms with Gasteiger partial charge in [-0.2, -0.15) is 0 Å². The lowest BCUT2D eigenvalue weighted by Crippen LogP contribution is -2.37. The molecule has 0 bridgehead atoms. The van der Waals surface area contributed by atoms with Crippen molar-refractivity contribution in [3.05, 3.63) is 26.7 Å². The van der Waals surface area contributed by atoms with Crippen LogP contribution in [0.1, 0.15) is 13.8 Å². The van der Waals surface area contributed by atoms with Crippen LogP contribution in [0.25, 0.3) is 0 Å². The Morgan fingerprint density at radius 1 is 1.29 bits per heavy atom. The molecule has 5 nitrogen and oxygen atoms in total. The fourth-order valence-corrected chi connectivity index (χ4v) is 2.42. The largest absolute Gasteiger partial charge is 0.481 e. The Kier molecular flexibility index (Phi) is 6.77. The van der Waals surface area contributed by atoms with Gasteiger partial charge in [-0.15, -0.1) is 0 Å². The lowest BCUT2D eigenvalue weighted by Gasteiger charge is -2.17. The lowest BCUT2D eigenvalue weighted by molar-refractivity contribution is -0.142. The summed E-state index contributed by atoms with van der Waals surface area (Å²) >= 11 is 15.2. The Morgan fingerprint density at radius 3 is 2.43 bits per heavy atom. The molecule has 0 aliphatic rings. The summed E-state index contributed by atoms with van der Waals surface area (Å²) in [5.41, 5.74) is 0.346. The van der Waals surface area contributed by atoms with Gasteiger partial charge in [-0.1, -0.05) is 37.0 Å². The Bertz CT molecular complexity index is 552. The highest BCUT2D eigenvalue weighted by Gasteiger charge is 2.22. The van der Waals surface area contributed by atoms with E-state index in [2.05, 4.69) is 26.6 Å². The SMILES string of the molecule is CC(C)C(CNC(=O)Nc1ccc(Br)c(Cl)c1Cl)C(=O)O. The van der Waals surface area contributed by atoms with Crippen LogP contribution in [0.15, 0.2) is 16.6 Å². The summed E-state index contributed by atoms with van der Waals surface area (Å²) in [6.07, 6.45) is 0. The number of anilines is 1. The van der Waals surface area contributed by atoms with Crippen molar-refractivity contribution in [3.63, 3.8) is 0 Å². The number of rotatable bonds is 5. The molecule has 2 amide bonds. The van der Waals surface area contributed by atoms with Gasteiger partial charge in [-0.3, -0.25) is 4.79 Å². The summed E-state index contributed by atoms with van der Waals surface area (Å²) in [7, 11) is 0. The molecule has 0 spiro atoms. The highest BCUT2D eigenvalue weighted by molar-refractivity contribution is 9.10. The number of halogens is 3. The lowest BCUT2D eigenvalue weighted by atomic mass is 9.96. The summed E-state index contributed by atoms with van der Waals surface area (Å²) in [5, 5.41) is 14.6. The minimum Gasteiger partial charge on any atom is -0.481 e. The molecule has 0 saturated heterocycles. The topological polar surface area (TPSA) is 78.4 Å². The van der Waals surface area contributed by atoms with Crippen LogP contribution < -0.4 is 10.6 Å². The number of hydrogen-bond acceptors (Lipinski definition) is 2. The van der Waals surface area contributed by atoms with Gasteiger partial charge in [0.05, 0.1) is 21.7 Å². The van der Waals surface area contributed by atoms with Crippen molar-refractivity contribution in [1.29, 1.82) is 0 Å². The second-order valence-electron chi connectivity index (χ2n) is 4.75. The fourth-order valence-electron chi connectivity index (χ4n) is 1.60. The van der Waals surface area contributed by atoms with E-state index in [-0.39, 0.29) is 17.5 Å². The number of hydrogen-bond donors (Lipinski definition) is 3. The van der Waals surface area contributed by atoms with E-state index in [9.17, 15) is 9.59 Å². The molecule has 0 radical (unpaired) electrons. The van der Waals surface area contributed by atoms with E-state index >= 15 is 0 Å². The van der Waals surface area contributed by atoms with Crippen molar-refractivity contribution in [3.8, 4) is 0 Å². The maximum absolute atomic E-state index is 11.8. The molecule has 0 heterocycles. The van der Waals surface area contributed by atoms with E-state index in [0.29, 0.717) is 15.2 Å². The van der Waals surface area contributed by atoms with Gasteiger partial charge in [0.2, 0.25) is 0 Å². The predicted octanol–water partition coefficient (Wildman–Crippen LogP) is 4.23. The van der Waals surface area contributed by atoms with Crippen molar-refractivity contribution >= 4 is 56.8 Å². The monoisotopic (exact) mass is 396 g/mol. The number of carbonyl (C=O) groups is 2. The third-order valence-corrected chi connectivity index (χ3v) is 4.66. The van der Waals surface area contributed by atoms with Crippen LogP contribution in [0, 0.1) is 11.8 Å². The summed E-state index contributed by atoms with van der Waals surface area (Å²) < 4.78 is 0.617. The summed E-state index contributed by atoms with van der Waals surface area (Å²) in [6, 6.07) is 2.70. The Labute approximate surface area is 141 Å². The average Bonchev–Trinajstić information content (AvgIpc) is 2.39. The molecule has 1 aromatic rings. The molecular weight excluding hydrogens is 383 g/mol. The van der Waals surface area contributed by atoms with Crippen LogP contribution in [-0.4, -0.2) is 23.7 Å². The Hall–Kier alpha value is -0.980. The number of carbonyl (C=O) groups excluding carboxylic acids is 1. The van der Waals surface area contributed by atoms with E-state index in [0.717, 1.165) is 0 Å². The van der Waals surface area contributed by atoms with Gasteiger partial charge < -0.3 is 15.7 Å². The molecule has 8 heteroatoms. The Balaban J connectivity index is 2.66. The van der Waals surface area contributed by atoms with Crippen molar-refractivity contribution in [2.75, 3.05) is 11.9 Å². The van der Waals surface area contributed by atoms with Crippen molar-refractivity contribution in [1.82, 2.24) is 5.32 Å². The highest BCUT2D eigenvalue weighted by atomic mass is 79.9. The minimum absolute atomic E-state index is 0.0285. The third-order valence-electron chi connectivity index (χ3n) is 2.89. The predicted molar refractivity (Wildman–Crippen MR) is 87.1 cm³/mol. The minimum atomic E-state index is -0.949. The summed E-state index contributed by atoms with van der Waals surface area (Å²) in [4.78, 5) is 22.8. The fraction of sp³-hybridized carbons (Fsp3) is 0.385. The van der Waals surface area contributed by atoms with E-state index in [1.165, 1.54) is 0 Å². The Morgan fingerprint density at radius 2 is 1.90 bits per heavy atom. The first-order chi connectivity index (χ1) is 9.73. The number of aliphatic carboxylic acids is 1. The first-order valence-corrected chi connectivity index (χ1v) is 7.70. The number of urea groups is 1. The molecule has 1 aromatic carbocycles. The third kappa shape index (κ3) is 5.05.